The minimum atomic E-state index is -0.427. The second kappa shape index (κ2) is 5.10. The SMILES string of the molecule is Cn1cc(Cl)cc1C(=O)N[C@H]1CCCC[C@@H]1O. The highest BCUT2D eigenvalue weighted by Crippen LogP contribution is 2.19. The van der Waals surface area contributed by atoms with Crippen LogP contribution in [0.2, 0.25) is 5.02 Å². The monoisotopic (exact) mass is 256 g/mol. The predicted molar refractivity (Wildman–Crippen MR) is 66.2 cm³/mol. The lowest BCUT2D eigenvalue weighted by atomic mass is 9.92. The molecule has 1 fully saturated rings. The van der Waals surface area contributed by atoms with Gasteiger partial charge in [0.25, 0.3) is 5.91 Å². The van der Waals surface area contributed by atoms with Gasteiger partial charge in [-0.2, -0.15) is 0 Å². The molecule has 0 spiro atoms. The highest BCUT2D eigenvalue weighted by atomic mass is 35.5. The summed E-state index contributed by atoms with van der Waals surface area (Å²) in [4.78, 5) is 12.0. The molecular formula is C12H17ClN2O2. The summed E-state index contributed by atoms with van der Waals surface area (Å²) < 4.78 is 1.69. The Balaban J connectivity index is 2.03. The van der Waals surface area contributed by atoms with Gasteiger partial charge >= 0.3 is 0 Å². The molecule has 2 N–H and O–H groups in total. The van der Waals surface area contributed by atoms with E-state index in [1.807, 2.05) is 0 Å². The molecule has 2 rings (SSSR count). The molecule has 1 aromatic heterocycles. The van der Waals surface area contributed by atoms with E-state index in [0.717, 1.165) is 25.7 Å². The van der Waals surface area contributed by atoms with Crippen LogP contribution in [0, 0.1) is 0 Å². The summed E-state index contributed by atoms with van der Waals surface area (Å²) in [5.74, 6) is -0.176. The topological polar surface area (TPSA) is 54.3 Å². The third kappa shape index (κ3) is 2.82. The molecule has 1 aromatic rings. The van der Waals surface area contributed by atoms with Crippen LogP contribution in [-0.4, -0.2) is 27.7 Å². The molecule has 5 heteroatoms. The fraction of sp³-hybridized carbons (Fsp3) is 0.583. The van der Waals surface area contributed by atoms with E-state index in [2.05, 4.69) is 5.32 Å². The summed E-state index contributed by atoms with van der Waals surface area (Å²) in [6.07, 6.45) is 4.94. The number of carbonyl (C=O) groups is 1. The highest BCUT2D eigenvalue weighted by molar-refractivity contribution is 6.31. The Kier molecular flexibility index (Phi) is 3.74. The van der Waals surface area contributed by atoms with E-state index < -0.39 is 6.10 Å². The summed E-state index contributed by atoms with van der Waals surface area (Å²) in [5.41, 5.74) is 0.521. The second-order valence-corrected chi connectivity index (χ2v) is 5.02. The normalized spacial score (nSPS) is 24.6. The number of aromatic nitrogens is 1. The maximum atomic E-state index is 12.0. The van der Waals surface area contributed by atoms with Crippen LogP contribution in [0.15, 0.2) is 12.3 Å². The number of hydrogen-bond acceptors (Lipinski definition) is 2. The first-order chi connectivity index (χ1) is 8.08. The lowest BCUT2D eigenvalue weighted by molar-refractivity contribution is 0.0711. The Hall–Kier alpha value is -1.00. The van der Waals surface area contributed by atoms with E-state index in [4.69, 9.17) is 11.6 Å². The van der Waals surface area contributed by atoms with Gasteiger partial charge in [-0.15, -0.1) is 0 Å². The molecule has 94 valence electrons. The van der Waals surface area contributed by atoms with Crippen LogP contribution in [0.25, 0.3) is 0 Å². The lowest BCUT2D eigenvalue weighted by Gasteiger charge is -2.28. The van der Waals surface area contributed by atoms with Crippen molar-refractivity contribution >= 4 is 17.5 Å². The standard InChI is InChI=1S/C12H17ClN2O2/c1-15-7-8(13)6-10(15)12(17)14-9-4-2-3-5-11(9)16/h6-7,9,11,16H,2-5H2,1H3,(H,14,17)/t9-,11-/m0/s1. The lowest BCUT2D eigenvalue weighted by Crippen LogP contribution is -2.45. The van der Waals surface area contributed by atoms with Gasteiger partial charge in [-0.3, -0.25) is 4.79 Å². The van der Waals surface area contributed by atoms with E-state index in [1.54, 1.807) is 23.9 Å². The minimum Gasteiger partial charge on any atom is -0.391 e. The molecule has 0 bridgehead atoms. The zero-order valence-corrected chi connectivity index (χ0v) is 10.6. The molecule has 1 amide bonds. The number of aliphatic hydroxyl groups excluding tert-OH is 1. The fourth-order valence-electron chi connectivity index (χ4n) is 2.27. The number of aryl methyl sites for hydroxylation is 1. The van der Waals surface area contributed by atoms with E-state index in [0.29, 0.717) is 10.7 Å². The molecule has 4 nitrogen and oxygen atoms in total. The number of halogens is 1. The average Bonchev–Trinajstić information content (AvgIpc) is 2.61. The van der Waals surface area contributed by atoms with Crippen LogP contribution in [0.1, 0.15) is 36.2 Å². The molecule has 0 radical (unpaired) electrons. The second-order valence-electron chi connectivity index (χ2n) is 4.59. The summed E-state index contributed by atoms with van der Waals surface area (Å²) in [6, 6.07) is 1.50. The van der Waals surface area contributed by atoms with Crippen molar-refractivity contribution in [1.82, 2.24) is 9.88 Å². The van der Waals surface area contributed by atoms with Gasteiger partial charge in [0.05, 0.1) is 17.2 Å². The molecule has 0 unspecified atom stereocenters. The van der Waals surface area contributed by atoms with Crippen LogP contribution in [0.5, 0.6) is 0 Å². The Labute approximate surface area is 106 Å². The maximum Gasteiger partial charge on any atom is 0.268 e. The molecule has 0 aromatic carbocycles. The fourth-order valence-corrected chi connectivity index (χ4v) is 2.52. The quantitative estimate of drug-likeness (QED) is 0.847. The third-order valence-electron chi connectivity index (χ3n) is 3.25. The zero-order valence-electron chi connectivity index (χ0n) is 9.82. The number of hydrogen-bond donors (Lipinski definition) is 2. The van der Waals surface area contributed by atoms with Crippen molar-refractivity contribution < 1.29 is 9.90 Å². The molecule has 1 heterocycles. The van der Waals surface area contributed by atoms with Gasteiger partial charge in [-0.05, 0) is 18.9 Å². The first kappa shape index (κ1) is 12.5. The van der Waals surface area contributed by atoms with E-state index in [9.17, 15) is 9.90 Å². The van der Waals surface area contributed by atoms with E-state index in [-0.39, 0.29) is 11.9 Å². The number of carbonyl (C=O) groups excluding carboxylic acids is 1. The minimum absolute atomic E-state index is 0.134. The number of aliphatic hydroxyl groups is 1. The average molecular weight is 257 g/mol. The van der Waals surface area contributed by atoms with Crippen molar-refractivity contribution in [2.45, 2.75) is 37.8 Å². The first-order valence-corrected chi connectivity index (χ1v) is 6.26. The smallest absolute Gasteiger partial charge is 0.268 e. The van der Waals surface area contributed by atoms with E-state index in [1.165, 1.54) is 0 Å². The van der Waals surface area contributed by atoms with Gasteiger partial charge in [0.1, 0.15) is 5.69 Å². The first-order valence-electron chi connectivity index (χ1n) is 5.88. The molecule has 2 atom stereocenters. The van der Waals surface area contributed by atoms with Gasteiger partial charge in [0, 0.05) is 13.2 Å². The van der Waals surface area contributed by atoms with Gasteiger partial charge in [-0.25, -0.2) is 0 Å². The number of rotatable bonds is 2. The van der Waals surface area contributed by atoms with Crippen LogP contribution in [0.3, 0.4) is 0 Å². The molecular weight excluding hydrogens is 240 g/mol. The van der Waals surface area contributed by atoms with Crippen LogP contribution < -0.4 is 5.32 Å². The van der Waals surface area contributed by atoms with Gasteiger partial charge in [0.15, 0.2) is 0 Å². The summed E-state index contributed by atoms with van der Waals surface area (Å²) in [6.45, 7) is 0. The number of nitrogens with one attached hydrogen (secondary N) is 1. The van der Waals surface area contributed by atoms with Crippen molar-refractivity contribution in [1.29, 1.82) is 0 Å². The number of amides is 1. The van der Waals surface area contributed by atoms with Gasteiger partial charge in [0.2, 0.25) is 0 Å². The summed E-state index contributed by atoms with van der Waals surface area (Å²) in [5, 5.41) is 13.2. The zero-order chi connectivity index (χ0) is 12.4. The van der Waals surface area contributed by atoms with Crippen LogP contribution in [-0.2, 0) is 7.05 Å². The highest BCUT2D eigenvalue weighted by Gasteiger charge is 2.25. The van der Waals surface area contributed by atoms with Crippen molar-refractivity contribution in [3.8, 4) is 0 Å². The van der Waals surface area contributed by atoms with E-state index >= 15 is 0 Å². The molecule has 0 saturated heterocycles. The summed E-state index contributed by atoms with van der Waals surface area (Å²) in [7, 11) is 1.78. The molecule has 1 aliphatic rings. The van der Waals surface area contributed by atoms with Crippen molar-refractivity contribution in [3.05, 3.63) is 23.0 Å². The Morgan fingerprint density at radius 1 is 1.53 bits per heavy atom. The molecule has 1 aliphatic carbocycles. The van der Waals surface area contributed by atoms with Crippen LogP contribution in [0.4, 0.5) is 0 Å². The molecule has 0 aliphatic heterocycles. The largest absolute Gasteiger partial charge is 0.391 e. The summed E-state index contributed by atoms with van der Waals surface area (Å²) >= 11 is 5.83. The predicted octanol–water partition coefficient (Wildman–Crippen LogP) is 1.71. The third-order valence-corrected chi connectivity index (χ3v) is 3.46. The van der Waals surface area contributed by atoms with Crippen molar-refractivity contribution in [3.63, 3.8) is 0 Å². The maximum absolute atomic E-state index is 12.0. The molecule has 17 heavy (non-hydrogen) atoms. The van der Waals surface area contributed by atoms with Gasteiger partial charge in [-0.1, -0.05) is 24.4 Å². The van der Waals surface area contributed by atoms with Crippen molar-refractivity contribution in [2.24, 2.45) is 7.05 Å². The Bertz CT molecular complexity index is 417. The Morgan fingerprint density at radius 3 is 2.82 bits per heavy atom. The number of nitrogens with zero attached hydrogens (tertiary/aromatic N) is 1. The molecule has 1 saturated carbocycles. The van der Waals surface area contributed by atoms with Crippen molar-refractivity contribution in [2.75, 3.05) is 0 Å². The van der Waals surface area contributed by atoms with Crippen LogP contribution >= 0.6 is 11.6 Å². The van der Waals surface area contributed by atoms with Gasteiger partial charge < -0.3 is 15.0 Å². The Morgan fingerprint density at radius 2 is 2.24 bits per heavy atom.